The molecule has 1 aromatic carbocycles. The van der Waals surface area contributed by atoms with Gasteiger partial charge in [-0.1, -0.05) is 26.0 Å². The Labute approximate surface area is 111 Å². The van der Waals surface area contributed by atoms with E-state index in [1.807, 2.05) is 6.07 Å². The lowest BCUT2D eigenvalue weighted by atomic mass is 9.79. The minimum absolute atomic E-state index is 0.0323. The fraction of sp³-hybridized carbons (Fsp3) is 0.600. The zero-order valence-electron chi connectivity index (χ0n) is 12.4. The van der Waals surface area contributed by atoms with Crippen molar-refractivity contribution in [3.63, 3.8) is 0 Å². The molecule has 0 fully saturated rings. The highest BCUT2D eigenvalue weighted by molar-refractivity contribution is 5.38. The van der Waals surface area contributed by atoms with Crippen LogP contribution in [0.25, 0.3) is 0 Å². The van der Waals surface area contributed by atoms with Crippen LogP contribution < -0.4 is 10.5 Å². The van der Waals surface area contributed by atoms with E-state index in [4.69, 9.17) is 10.5 Å². The summed E-state index contributed by atoms with van der Waals surface area (Å²) >= 11 is 0. The molecule has 102 valence electrons. The highest BCUT2D eigenvalue weighted by Gasteiger charge is 2.31. The van der Waals surface area contributed by atoms with Crippen LogP contribution >= 0.6 is 0 Å². The molecule has 2 N–H and O–H groups in total. The second kappa shape index (κ2) is 5.72. The molecule has 0 amide bonds. The molecule has 3 heteroatoms. The number of hydrogen-bond donors (Lipinski definition) is 1. The second-order valence-electron chi connectivity index (χ2n) is 5.79. The Balaban J connectivity index is 3.19. The first-order valence-corrected chi connectivity index (χ1v) is 6.34. The molecule has 18 heavy (non-hydrogen) atoms. The Kier molecular flexibility index (Phi) is 4.77. The first-order valence-electron chi connectivity index (χ1n) is 6.34. The summed E-state index contributed by atoms with van der Waals surface area (Å²) in [7, 11) is 5.90. The van der Waals surface area contributed by atoms with E-state index in [2.05, 4.69) is 51.9 Å². The van der Waals surface area contributed by atoms with Gasteiger partial charge in [0.1, 0.15) is 5.75 Å². The predicted molar refractivity (Wildman–Crippen MR) is 77.0 cm³/mol. The smallest absolute Gasteiger partial charge is 0.121 e. The molecule has 0 saturated carbocycles. The maximum atomic E-state index is 5.93. The topological polar surface area (TPSA) is 38.5 Å². The molecule has 0 bridgehead atoms. The van der Waals surface area contributed by atoms with Gasteiger partial charge in [-0.15, -0.1) is 0 Å². The Bertz CT molecular complexity index is 399. The van der Waals surface area contributed by atoms with Gasteiger partial charge in [0.2, 0.25) is 0 Å². The summed E-state index contributed by atoms with van der Waals surface area (Å²) in [5.74, 6) is 0.932. The van der Waals surface area contributed by atoms with Crippen LogP contribution in [0, 0.1) is 12.3 Å². The molecule has 3 nitrogen and oxygen atoms in total. The van der Waals surface area contributed by atoms with Gasteiger partial charge in [-0.05, 0) is 50.2 Å². The largest absolute Gasteiger partial charge is 0.496 e. The lowest BCUT2D eigenvalue weighted by Crippen LogP contribution is -2.38. The number of aryl methyl sites for hydroxylation is 1. The van der Waals surface area contributed by atoms with Crippen molar-refractivity contribution in [2.24, 2.45) is 11.1 Å². The van der Waals surface area contributed by atoms with E-state index >= 15 is 0 Å². The number of nitrogens with two attached hydrogens (primary N) is 1. The zero-order valence-corrected chi connectivity index (χ0v) is 12.4. The maximum absolute atomic E-state index is 5.93. The molecule has 0 radical (unpaired) electrons. The van der Waals surface area contributed by atoms with Crippen molar-refractivity contribution in [2.75, 3.05) is 27.7 Å². The minimum Gasteiger partial charge on any atom is -0.496 e. The lowest BCUT2D eigenvalue weighted by molar-refractivity contribution is 0.143. The van der Waals surface area contributed by atoms with Crippen molar-refractivity contribution < 1.29 is 4.74 Å². The molecule has 0 saturated heterocycles. The fourth-order valence-corrected chi connectivity index (χ4v) is 2.63. The van der Waals surface area contributed by atoms with Crippen molar-refractivity contribution in [3.8, 4) is 5.75 Å². The summed E-state index contributed by atoms with van der Waals surface area (Å²) in [5, 5.41) is 0. The number of benzene rings is 1. The molecule has 1 atom stereocenters. The van der Waals surface area contributed by atoms with E-state index in [9.17, 15) is 0 Å². The van der Waals surface area contributed by atoms with E-state index in [1.54, 1.807) is 7.11 Å². The maximum Gasteiger partial charge on any atom is 0.121 e. The molecule has 0 spiro atoms. The molecule has 1 unspecified atom stereocenters. The van der Waals surface area contributed by atoms with Gasteiger partial charge in [0.05, 0.1) is 7.11 Å². The van der Waals surface area contributed by atoms with Crippen molar-refractivity contribution in [1.29, 1.82) is 0 Å². The van der Waals surface area contributed by atoms with Crippen LogP contribution in [-0.2, 0) is 0 Å². The standard InChI is InChI=1S/C15H26N2O/c1-11-9-12(7-8-13(11)18-6)14(17(4)5)15(2,3)10-16/h7-9,14H,10,16H2,1-6H3. The van der Waals surface area contributed by atoms with Crippen LogP contribution in [0.15, 0.2) is 18.2 Å². The zero-order chi connectivity index (χ0) is 13.9. The molecule has 1 aromatic rings. The van der Waals surface area contributed by atoms with Gasteiger partial charge < -0.3 is 15.4 Å². The van der Waals surface area contributed by atoms with Gasteiger partial charge in [0, 0.05) is 6.04 Å². The number of hydrogen-bond acceptors (Lipinski definition) is 3. The first-order chi connectivity index (χ1) is 8.33. The highest BCUT2D eigenvalue weighted by Crippen LogP contribution is 2.37. The van der Waals surface area contributed by atoms with Crippen molar-refractivity contribution in [2.45, 2.75) is 26.8 Å². The second-order valence-corrected chi connectivity index (χ2v) is 5.79. The molecule has 0 aliphatic heterocycles. The average Bonchev–Trinajstić information content (AvgIpc) is 2.28. The summed E-state index contributed by atoms with van der Waals surface area (Å²) in [6, 6.07) is 6.66. The van der Waals surface area contributed by atoms with Crippen molar-refractivity contribution >= 4 is 0 Å². The Morgan fingerprint density at radius 1 is 1.33 bits per heavy atom. The number of ether oxygens (including phenoxy) is 1. The normalized spacial score (nSPS) is 13.8. The van der Waals surface area contributed by atoms with E-state index in [1.165, 1.54) is 5.56 Å². The third-order valence-corrected chi connectivity index (χ3v) is 3.52. The Morgan fingerprint density at radius 3 is 2.33 bits per heavy atom. The van der Waals surface area contributed by atoms with E-state index in [-0.39, 0.29) is 5.41 Å². The van der Waals surface area contributed by atoms with Gasteiger partial charge in [0.25, 0.3) is 0 Å². The predicted octanol–water partition coefficient (Wildman–Crippen LogP) is 2.59. The average molecular weight is 250 g/mol. The van der Waals surface area contributed by atoms with E-state index in [0.29, 0.717) is 12.6 Å². The highest BCUT2D eigenvalue weighted by atomic mass is 16.5. The summed E-state index contributed by atoms with van der Waals surface area (Å²) < 4.78 is 5.31. The van der Waals surface area contributed by atoms with Gasteiger partial charge in [-0.25, -0.2) is 0 Å². The monoisotopic (exact) mass is 250 g/mol. The fourth-order valence-electron chi connectivity index (χ4n) is 2.63. The molecular formula is C15H26N2O. The summed E-state index contributed by atoms with van der Waals surface area (Å²) in [4.78, 5) is 2.23. The summed E-state index contributed by atoms with van der Waals surface area (Å²) in [6.07, 6.45) is 0. The molecule has 0 heterocycles. The number of methoxy groups -OCH3 is 1. The molecule has 0 aliphatic rings. The first kappa shape index (κ1) is 15.0. The van der Waals surface area contributed by atoms with Crippen LogP contribution in [0.5, 0.6) is 5.75 Å². The van der Waals surface area contributed by atoms with Crippen molar-refractivity contribution in [1.82, 2.24) is 4.90 Å². The molecule has 1 rings (SSSR count). The Hall–Kier alpha value is -1.06. The Morgan fingerprint density at radius 2 is 1.94 bits per heavy atom. The summed E-state index contributed by atoms with van der Waals surface area (Å²) in [5.41, 5.74) is 8.40. The van der Waals surface area contributed by atoms with E-state index < -0.39 is 0 Å². The summed E-state index contributed by atoms with van der Waals surface area (Å²) in [6.45, 7) is 7.14. The van der Waals surface area contributed by atoms with Crippen LogP contribution in [0.4, 0.5) is 0 Å². The van der Waals surface area contributed by atoms with Crippen LogP contribution in [0.2, 0.25) is 0 Å². The third-order valence-electron chi connectivity index (χ3n) is 3.52. The lowest BCUT2D eigenvalue weighted by Gasteiger charge is -2.38. The van der Waals surface area contributed by atoms with Gasteiger partial charge in [-0.3, -0.25) is 0 Å². The third kappa shape index (κ3) is 3.03. The quantitative estimate of drug-likeness (QED) is 0.873. The van der Waals surface area contributed by atoms with Gasteiger partial charge >= 0.3 is 0 Å². The molecule has 0 aliphatic carbocycles. The van der Waals surface area contributed by atoms with E-state index in [0.717, 1.165) is 11.3 Å². The van der Waals surface area contributed by atoms with Gasteiger partial charge in [-0.2, -0.15) is 0 Å². The SMILES string of the molecule is COc1ccc(C(N(C)C)C(C)(C)CN)cc1C. The number of nitrogens with zero attached hydrogens (tertiary/aromatic N) is 1. The number of rotatable bonds is 5. The minimum atomic E-state index is 0.0323. The van der Waals surface area contributed by atoms with Gasteiger partial charge in [0.15, 0.2) is 0 Å². The van der Waals surface area contributed by atoms with Crippen molar-refractivity contribution in [3.05, 3.63) is 29.3 Å². The van der Waals surface area contributed by atoms with Crippen LogP contribution in [-0.4, -0.2) is 32.6 Å². The molecular weight excluding hydrogens is 224 g/mol. The van der Waals surface area contributed by atoms with Crippen LogP contribution in [0.3, 0.4) is 0 Å². The molecule has 0 aromatic heterocycles. The van der Waals surface area contributed by atoms with Crippen LogP contribution in [0.1, 0.15) is 31.0 Å².